The molecule has 0 saturated carbocycles. The maximum atomic E-state index is 8.90. The lowest BCUT2D eigenvalue weighted by molar-refractivity contribution is 0.507. The number of hydrogen-bond donors (Lipinski definition) is 1. The van der Waals surface area contributed by atoms with Gasteiger partial charge in [0.1, 0.15) is 0 Å². The Kier molecular flexibility index (Phi) is 6.38. The quantitative estimate of drug-likeness (QED) is 0.764. The van der Waals surface area contributed by atoms with Crippen molar-refractivity contribution in [1.29, 1.82) is 5.26 Å². The number of benzene rings is 1. The summed E-state index contributed by atoms with van der Waals surface area (Å²) in [6.07, 6.45) is 2.63. The van der Waals surface area contributed by atoms with Crippen LogP contribution in [-0.2, 0) is 6.42 Å². The molecule has 0 spiro atoms. The van der Waals surface area contributed by atoms with E-state index in [-0.39, 0.29) is 0 Å². The molecule has 0 atom stereocenters. The first-order valence-corrected chi connectivity index (χ1v) is 7.55. The summed E-state index contributed by atoms with van der Waals surface area (Å²) < 4.78 is 0. The van der Waals surface area contributed by atoms with Gasteiger partial charge in [0.05, 0.1) is 12.5 Å². The highest BCUT2D eigenvalue weighted by molar-refractivity contribution is 5.59. The summed E-state index contributed by atoms with van der Waals surface area (Å²) in [5.74, 6) is 0.604. The van der Waals surface area contributed by atoms with Gasteiger partial charge >= 0.3 is 0 Å². The van der Waals surface area contributed by atoms with Gasteiger partial charge in [-0.1, -0.05) is 27.7 Å². The van der Waals surface area contributed by atoms with Crippen LogP contribution in [0.5, 0.6) is 0 Å². The average Bonchev–Trinajstić information content (AvgIpc) is 2.41. The number of nitrogen functional groups attached to an aromatic ring is 1. The predicted molar refractivity (Wildman–Crippen MR) is 86.7 cm³/mol. The average molecular weight is 273 g/mol. The molecule has 1 rings (SSSR count). The van der Waals surface area contributed by atoms with Crippen LogP contribution in [0.1, 0.15) is 46.1 Å². The second-order valence-electron chi connectivity index (χ2n) is 5.73. The van der Waals surface area contributed by atoms with E-state index in [4.69, 9.17) is 11.0 Å². The molecule has 0 saturated heterocycles. The van der Waals surface area contributed by atoms with Gasteiger partial charge in [-0.25, -0.2) is 0 Å². The summed E-state index contributed by atoms with van der Waals surface area (Å²) in [6.45, 7) is 9.97. The van der Waals surface area contributed by atoms with Crippen LogP contribution < -0.4 is 10.6 Å². The maximum absolute atomic E-state index is 8.90. The van der Waals surface area contributed by atoms with Crippen LogP contribution in [0, 0.1) is 17.2 Å². The Hall–Kier alpha value is -1.69. The van der Waals surface area contributed by atoms with E-state index in [1.807, 2.05) is 6.07 Å². The molecule has 0 aliphatic heterocycles. The lowest BCUT2D eigenvalue weighted by Crippen LogP contribution is -2.37. The zero-order valence-electron chi connectivity index (χ0n) is 13.2. The second-order valence-corrected chi connectivity index (χ2v) is 5.73. The normalized spacial score (nSPS) is 10.8. The third-order valence-corrected chi connectivity index (χ3v) is 3.67. The first-order valence-electron chi connectivity index (χ1n) is 7.55. The van der Waals surface area contributed by atoms with Crippen molar-refractivity contribution in [3.8, 4) is 6.07 Å². The molecule has 0 aliphatic carbocycles. The second kappa shape index (κ2) is 7.79. The topological polar surface area (TPSA) is 53.0 Å². The van der Waals surface area contributed by atoms with Gasteiger partial charge in [0.2, 0.25) is 0 Å². The number of hydrogen-bond acceptors (Lipinski definition) is 3. The molecule has 2 N–H and O–H groups in total. The van der Waals surface area contributed by atoms with Gasteiger partial charge in [-0.2, -0.15) is 5.26 Å². The van der Waals surface area contributed by atoms with Crippen LogP contribution in [0.3, 0.4) is 0 Å². The van der Waals surface area contributed by atoms with E-state index in [0.29, 0.717) is 24.1 Å². The van der Waals surface area contributed by atoms with Gasteiger partial charge < -0.3 is 10.6 Å². The lowest BCUT2D eigenvalue weighted by atomic mass is 10.0. The molecule has 1 aromatic rings. The number of nitriles is 1. The fourth-order valence-electron chi connectivity index (χ4n) is 2.60. The number of nitrogens with two attached hydrogens (primary N) is 1. The smallest absolute Gasteiger partial charge is 0.0670 e. The zero-order chi connectivity index (χ0) is 15.1. The van der Waals surface area contributed by atoms with E-state index in [0.717, 1.165) is 24.9 Å². The van der Waals surface area contributed by atoms with Gasteiger partial charge in [-0.3, -0.25) is 0 Å². The van der Waals surface area contributed by atoms with Crippen LogP contribution in [0.2, 0.25) is 0 Å². The van der Waals surface area contributed by atoms with Crippen LogP contribution in [-0.4, -0.2) is 12.6 Å². The van der Waals surface area contributed by atoms with Gasteiger partial charge in [0, 0.05) is 24.0 Å². The number of rotatable bonds is 7. The van der Waals surface area contributed by atoms with Crippen LogP contribution in [0.25, 0.3) is 0 Å². The van der Waals surface area contributed by atoms with Gasteiger partial charge in [-0.05, 0) is 42.5 Å². The molecule has 1 aromatic carbocycles. The Morgan fingerprint density at radius 3 is 2.40 bits per heavy atom. The summed E-state index contributed by atoms with van der Waals surface area (Å²) in [5, 5.41) is 8.90. The molecule has 3 heteroatoms. The molecule has 0 aromatic heterocycles. The third-order valence-electron chi connectivity index (χ3n) is 3.67. The van der Waals surface area contributed by atoms with Gasteiger partial charge in [-0.15, -0.1) is 0 Å². The first kappa shape index (κ1) is 16.4. The highest BCUT2D eigenvalue weighted by atomic mass is 15.2. The minimum absolute atomic E-state index is 0.373. The fourth-order valence-corrected chi connectivity index (χ4v) is 2.60. The van der Waals surface area contributed by atoms with E-state index >= 15 is 0 Å². The molecular weight excluding hydrogens is 246 g/mol. The molecule has 0 fully saturated rings. The highest BCUT2D eigenvalue weighted by Gasteiger charge is 2.17. The Bertz CT molecular complexity index is 456. The van der Waals surface area contributed by atoms with E-state index < -0.39 is 0 Å². The van der Waals surface area contributed by atoms with Crippen molar-refractivity contribution in [3.05, 3.63) is 23.8 Å². The Morgan fingerprint density at radius 1 is 1.25 bits per heavy atom. The fraction of sp³-hybridized carbons (Fsp3) is 0.588. The summed E-state index contributed by atoms with van der Waals surface area (Å²) in [4.78, 5) is 2.46. The molecule has 0 amide bonds. The van der Waals surface area contributed by atoms with Crippen molar-refractivity contribution in [2.24, 2.45) is 5.92 Å². The van der Waals surface area contributed by atoms with Crippen molar-refractivity contribution in [2.75, 3.05) is 17.2 Å². The van der Waals surface area contributed by atoms with Crippen LogP contribution in [0.15, 0.2) is 18.2 Å². The van der Waals surface area contributed by atoms with Crippen molar-refractivity contribution < 1.29 is 0 Å². The van der Waals surface area contributed by atoms with E-state index in [1.54, 1.807) is 0 Å². The summed E-state index contributed by atoms with van der Waals surface area (Å²) in [7, 11) is 0. The molecular formula is C17H27N3. The third kappa shape index (κ3) is 4.16. The Labute approximate surface area is 123 Å². The molecule has 0 radical (unpaired) electrons. The SMILES string of the molecule is CCC(CC)N(CC(C)C)c1ccc(N)c(CC#N)c1. The molecule has 0 unspecified atom stereocenters. The van der Waals surface area contributed by atoms with E-state index in [2.05, 4.69) is 50.8 Å². The molecule has 0 aliphatic rings. The van der Waals surface area contributed by atoms with Gasteiger partial charge in [0.15, 0.2) is 0 Å². The summed E-state index contributed by atoms with van der Waals surface area (Å²) in [6, 6.07) is 8.82. The number of anilines is 2. The van der Waals surface area contributed by atoms with Crippen molar-refractivity contribution in [3.63, 3.8) is 0 Å². The van der Waals surface area contributed by atoms with Crippen molar-refractivity contribution in [2.45, 2.75) is 53.0 Å². The lowest BCUT2D eigenvalue weighted by Gasteiger charge is -2.34. The zero-order valence-corrected chi connectivity index (χ0v) is 13.2. The van der Waals surface area contributed by atoms with Crippen molar-refractivity contribution in [1.82, 2.24) is 0 Å². The molecule has 110 valence electrons. The Morgan fingerprint density at radius 2 is 1.90 bits per heavy atom. The standard InChI is InChI=1S/C17H27N3/c1-5-15(6-2)20(12-13(3)4)16-7-8-17(19)14(11-16)9-10-18/h7-8,11,13,15H,5-6,9,12,19H2,1-4H3. The first-order chi connectivity index (χ1) is 9.53. The van der Waals surface area contributed by atoms with Crippen LogP contribution >= 0.6 is 0 Å². The monoisotopic (exact) mass is 273 g/mol. The minimum atomic E-state index is 0.373. The maximum Gasteiger partial charge on any atom is 0.0670 e. The molecule has 20 heavy (non-hydrogen) atoms. The van der Waals surface area contributed by atoms with Crippen molar-refractivity contribution >= 4 is 11.4 Å². The van der Waals surface area contributed by atoms with E-state index in [9.17, 15) is 0 Å². The molecule has 0 bridgehead atoms. The predicted octanol–water partition coefficient (Wildman–Crippen LogP) is 3.99. The number of nitrogens with zero attached hydrogens (tertiary/aromatic N) is 2. The summed E-state index contributed by atoms with van der Waals surface area (Å²) >= 11 is 0. The largest absolute Gasteiger partial charge is 0.398 e. The highest BCUT2D eigenvalue weighted by Crippen LogP contribution is 2.26. The van der Waals surface area contributed by atoms with Crippen LogP contribution in [0.4, 0.5) is 11.4 Å². The minimum Gasteiger partial charge on any atom is -0.398 e. The molecule has 0 heterocycles. The summed E-state index contributed by atoms with van der Waals surface area (Å²) in [5.41, 5.74) is 8.78. The Balaban J connectivity index is 3.13. The van der Waals surface area contributed by atoms with E-state index in [1.165, 1.54) is 5.69 Å². The molecule has 3 nitrogen and oxygen atoms in total. The van der Waals surface area contributed by atoms with Gasteiger partial charge in [0.25, 0.3) is 0 Å².